The molecule has 3 rings (SSSR count). The van der Waals surface area contributed by atoms with Crippen molar-refractivity contribution in [1.82, 2.24) is 0 Å². The van der Waals surface area contributed by atoms with Crippen LogP contribution in [0.1, 0.15) is 44.6 Å². The molecular weight excluding hydrogens is 458 g/mol. The van der Waals surface area contributed by atoms with Crippen LogP contribution in [0, 0.1) is 31.6 Å². The Morgan fingerprint density at radius 3 is 2.37 bits per heavy atom. The maximum Gasteiger partial charge on any atom is 0.304 e. The lowest BCUT2D eigenvalue weighted by Gasteiger charge is -2.25. The number of rotatable bonds is 8. The van der Waals surface area contributed by atoms with Crippen LogP contribution in [0.4, 0.5) is 34.1 Å². The first kappa shape index (κ1) is 25.0. The van der Waals surface area contributed by atoms with Gasteiger partial charge in [-0.25, -0.2) is 0 Å². The van der Waals surface area contributed by atoms with Crippen molar-refractivity contribution in [3.05, 3.63) is 50.1 Å². The average Bonchev–Trinajstić information content (AvgIpc) is 2.83. The standard InChI is InChI=1S/C22H23N7O6/c1-13(30)24-17-10-19(25-15-6-4-3-5-7-15)21(35-2)11-18(17)26-27-22-14(12-23)8-16(28(31)32)9-20(22)29(33)34/h8-11,15,25H,3-7H2,1-2H3,(H,24,30). The summed E-state index contributed by atoms with van der Waals surface area (Å²) in [5.41, 5.74) is -1.18. The number of nitriles is 1. The number of anilines is 2. The largest absolute Gasteiger partial charge is 0.495 e. The van der Waals surface area contributed by atoms with E-state index in [0.717, 1.165) is 31.7 Å². The van der Waals surface area contributed by atoms with Gasteiger partial charge >= 0.3 is 5.69 Å². The van der Waals surface area contributed by atoms with E-state index < -0.39 is 32.5 Å². The van der Waals surface area contributed by atoms with Gasteiger partial charge in [-0.15, -0.1) is 10.2 Å². The lowest BCUT2D eigenvalue weighted by molar-refractivity contribution is -0.393. The number of ether oxygens (including phenoxy) is 1. The zero-order valence-electron chi connectivity index (χ0n) is 19.1. The number of methoxy groups -OCH3 is 1. The summed E-state index contributed by atoms with van der Waals surface area (Å²) in [5, 5.41) is 46.0. The third-order valence-electron chi connectivity index (χ3n) is 5.45. The SMILES string of the molecule is COc1cc(N=Nc2c(C#N)cc([N+](=O)[O-])cc2[N+](=O)[O-])c(NC(C)=O)cc1NC1CCCCC1. The van der Waals surface area contributed by atoms with Gasteiger partial charge in [-0.1, -0.05) is 19.3 Å². The Balaban J connectivity index is 2.08. The Hall–Kier alpha value is -4.60. The van der Waals surface area contributed by atoms with Crippen molar-refractivity contribution in [2.75, 3.05) is 17.7 Å². The summed E-state index contributed by atoms with van der Waals surface area (Å²) < 4.78 is 5.48. The fourth-order valence-electron chi connectivity index (χ4n) is 3.83. The summed E-state index contributed by atoms with van der Waals surface area (Å²) in [7, 11) is 1.47. The van der Waals surface area contributed by atoms with Gasteiger partial charge in [0.15, 0.2) is 5.69 Å². The molecule has 1 aliphatic rings. The van der Waals surface area contributed by atoms with Crippen molar-refractivity contribution in [2.45, 2.75) is 45.1 Å². The van der Waals surface area contributed by atoms with Crippen molar-refractivity contribution in [3.8, 4) is 11.8 Å². The molecule has 13 heteroatoms. The zero-order valence-corrected chi connectivity index (χ0v) is 19.1. The number of amides is 1. The molecule has 0 unspecified atom stereocenters. The average molecular weight is 481 g/mol. The van der Waals surface area contributed by atoms with Crippen LogP contribution >= 0.6 is 0 Å². The second-order valence-electron chi connectivity index (χ2n) is 7.92. The van der Waals surface area contributed by atoms with Gasteiger partial charge < -0.3 is 15.4 Å². The number of benzene rings is 2. The van der Waals surface area contributed by atoms with E-state index in [4.69, 9.17) is 4.74 Å². The molecule has 0 atom stereocenters. The van der Waals surface area contributed by atoms with E-state index in [1.54, 1.807) is 12.1 Å². The number of carbonyl (C=O) groups excluding carboxylic acids is 1. The number of nitrogens with zero attached hydrogens (tertiary/aromatic N) is 5. The molecule has 2 aromatic carbocycles. The molecule has 0 aromatic heterocycles. The van der Waals surface area contributed by atoms with E-state index in [9.17, 15) is 30.3 Å². The van der Waals surface area contributed by atoms with Gasteiger partial charge in [0.05, 0.1) is 40.0 Å². The Morgan fingerprint density at radius 1 is 1.09 bits per heavy atom. The lowest BCUT2D eigenvalue weighted by Crippen LogP contribution is -2.22. The number of azo groups is 1. The first-order valence-corrected chi connectivity index (χ1v) is 10.8. The molecular formula is C22H23N7O6. The molecule has 2 N–H and O–H groups in total. The van der Waals surface area contributed by atoms with Gasteiger partial charge in [0, 0.05) is 25.1 Å². The predicted octanol–water partition coefficient (Wildman–Crippen LogP) is 5.50. The van der Waals surface area contributed by atoms with Crippen molar-refractivity contribution >= 4 is 40.0 Å². The Morgan fingerprint density at radius 2 is 1.80 bits per heavy atom. The minimum atomic E-state index is -0.880. The van der Waals surface area contributed by atoms with E-state index in [-0.39, 0.29) is 23.3 Å². The van der Waals surface area contributed by atoms with E-state index in [1.807, 2.05) is 0 Å². The van der Waals surface area contributed by atoms with Crippen LogP contribution in [0.25, 0.3) is 0 Å². The molecule has 1 amide bonds. The molecule has 0 radical (unpaired) electrons. The van der Waals surface area contributed by atoms with E-state index in [2.05, 4.69) is 20.9 Å². The number of hydrogen-bond acceptors (Lipinski definition) is 10. The number of nitrogens with one attached hydrogen (secondary N) is 2. The molecule has 0 aliphatic heterocycles. The van der Waals surface area contributed by atoms with Crippen LogP contribution < -0.4 is 15.4 Å². The van der Waals surface area contributed by atoms with Crippen molar-refractivity contribution in [3.63, 3.8) is 0 Å². The summed E-state index contributed by atoms with van der Waals surface area (Å²) in [4.78, 5) is 32.7. The quantitative estimate of drug-likeness (QED) is 0.281. The Kier molecular flexibility index (Phi) is 7.88. The molecule has 1 fully saturated rings. The van der Waals surface area contributed by atoms with Gasteiger partial charge in [-0.05, 0) is 18.9 Å². The van der Waals surface area contributed by atoms with E-state index in [0.29, 0.717) is 17.5 Å². The number of hydrogen-bond donors (Lipinski definition) is 2. The number of nitro groups is 2. The monoisotopic (exact) mass is 481 g/mol. The highest BCUT2D eigenvalue weighted by Gasteiger charge is 2.25. The second-order valence-corrected chi connectivity index (χ2v) is 7.92. The first-order valence-electron chi connectivity index (χ1n) is 10.8. The molecule has 2 aromatic rings. The van der Waals surface area contributed by atoms with Crippen molar-refractivity contribution in [1.29, 1.82) is 5.26 Å². The normalized spacial score (nSPS) is 13.7. The highest BCUT2D eigenvalue weighted by atomic mass is 16.6. The third-order valence-corrected chi connectivity index (χ3v) is 5.45. The number of non-ortho nitro benzene ring substituents is 1. The summed E-state index contributed by atoms with van der Waals surface area (Å²) >= 11 is 0. The van der Waals surface area contributed by atoms with E-state index in [1.165, 1.54) is 26.5 Å². The van der Waals surface area contributed by atoms with Crippen LogP contribution in [0.5, 0.6) is 5.75 Å². The summed E-state index contributed by atoms with van der Waals surface area (Å²) in [5.74, 6) is 0.0339. The summed E-state index contributed by atoms with van der Waals surface area (Å²) in [6.07, 6.45) is 5.41. The third kappa shape index (κ3) is 6.05. The van der Waals surface area contributed by atoms with Crippen molar-refractivity contribution in [2.24, 2.45) is 10.2 Å². The minimum absolute atomic E-state index is 0.114. The fraction of sp³-hybridized carbons (Fsp3) is 0.364. The molecule has 1 aliphatic carbocycles. The molecule has 13 nitrogen and oxygen atoms in total. The molecule has 0 bridgehead atoms. The van der Waals surface area contributed by atoms with Gasteiger partial charge in [0.1, 0.15) is 17.5 Å². The van der Waals surface area contributed by atoms with Crippen LogP contribution in [-0.2, 0) is 4.79 Å². The van der Waals surface area contributed by atoms with Crippen LogP contribution in [0.15, 0.2) is 34.5 Å². The Bertz CT molecular complexity index is 1230. The lowest BCUT2D eigenvalue weighted by atomic mass is 9.95. The first-order chi connectivity index (χ1) is 16.7. The maximum absolute atomic E-state index is 11.8. The highest BCUT2D eigenvalue weighted by Crippen LogP contribution is 2.41. The summed E-state index contributed by atoms with van der Waals surface area (Å²) in [6, 6.07) is 6.66. The minimum Gasteiger partial charge on any atom is -0.495 e. The highest BCUT2D eigenvalue weighted by molar-refractivity contribution is 5.93. The van der Waals surface area contributed by atoms with Gasteiger partial charge in [-0.2, -0.15) is 5.26 Å². The Labute approximate surface area is 200 Å². The second kappa shape index (κ2) is 11.0. The molecule has 182 valence electrons. The van der Waals surface area contributed by atoms with Crippen LogP contribution in [0.2, 0.25) is 0 Å². The van der Waals surface area contributed by atoms with Gasteiger partial charge in [0.25, 0.3) is 5.69 Å². The van der Waals surface area contributed by atoms with Gasteiger partial charge in [0.2, 0.25) is 5.91 Å². The van der Waals surface area contributed by atoms with Gasteiger partial charge in [-0.3, -0.25) is 25.0 Å². The molecule has 0 spiro atoms. The topological polar surface area (TPSA) is 185 Å². The fourth-order valence-corrected chi connectivity index (χ4v) is 3.83. The molecule has 35 heavy (non-hydrogen) atoms. The van der Waals surface area contributed by atoms with Crippen LogP contribution in [0.3, 0.4) is 0 Å². The smallest absolute Gasteiger partial charge is 0.304 e. The maximum atomic E-state index is 11.8. The summed E-state index contributed by atoms with van der Waals surface area (Å²) in [6.45, 7) is 1.31. The molecule has 0 heterocycles. The molecule has 0 saturated heterocycles. The number of carbonyl (C=O) groups is 1. The van der Waals surface area contributed by atoms with Crippen LogP contribution in [-0.4, -0.2) is 28.9 Å². The van der Waals surface area contributed by atoms with E-state index >= 15 is 0 Å². The van der Waals surface area contributed by atoms with Crippen molar-refractivity contribution < 1.29 is 19.4 Å². The number of nitro benzene ring substituents is 2. The predicted molar refractivity (Wildman–Crippen MR) is 126 cm³/mol. The zero-order chi connectivity index (χ0) is 25.5. The molecule has 1 saturated carbocycles.